The van der Waals surface area contributed by atoms with Gasteiger partial charge in [0.1, 0.15) is 12.4 Å². The molecule has 0 amide bonds. The average molecular weight is 444 g/mol. The van der Waals surface area contributed by atoms with Crippen LogP contribution in [0.3, 0.4) is 0 Å². The Hall–Kier alpha value is -4.13. The molecule has 1 aliphatic rings. The van der Waals surface area contributed by atoms with Gasteiger partial charge in [-0.2, -0.15) is 0 Å². The van der Waals surface area contributed by atoms with Crippen molar-refractivity contribution in [3.05, 3.63) is 101 Å². The average Bonchev–Trinajstić information content (AvgIpc) is 3.33. The van der Waals surface area contributed by atoms with Crippen molar-refractivity contribution < 1.29 is 19.1 Å². The Bertz CT molecular complexity index is 1230. The molecule has 0 radical (unpaired) electrons. The number of ether oxygens (including phenoxy) is 2. The number of benzene rings is 2. The number of dihydropyridines is 1. The monoisotopic (exact) mass is 443 g/mol. The molecule has 0 saturated heterocycles. The molecule has 1 aromatic heterocycles. The third-order valence-electron chi connectivity index (χ3n) is 5.55. The van der Waals surface area contributed by atoms with Crippen LogP contribution < -0.4 is 5.32 Å². The number of nitrogens with one attached hydrogen (secondary N) is 2. The Morgan fingerprint density at radius 2 is 1.52 bits per heavy atom. The fourth-order valence-corrected chi connectivity index (χ4v) is 3.98. The summed E-state index contributed by atoms with van der Waals surface area (Å²) >= 11 is 0. The highest BCUT2D eigenvalue weighted by molar-refractivity contribution is 5.99. The number of aromatic nitrogens is 2. The predicted molar refractivity (Wildman–Crippen MR) is 124 cm³/mol. The Morgan fingerprint density at radius 1 is 0.909 bits per heavy atom. The van der Waals surface area contributed by atoms with Crippen LogP contribution in [-0.4, -0.2) is 29.0 Å². The van der Waals surface area contributed by atoms with Crippen LogP contribution in [0.2, 0.25) is 0 Å². The summed E-state index contributed by atoms with van der Waals surface area (Å²) in [4.78, 5) is 33.8. The molecular formula is C26H25N3O4. The number of esters is 2. The number of H-pyrrole nitrogens is 1. The van der Waals surface area contributed by atoms with Gasteiger partial charge in [0.2, 0.25) is 0 Å². The third-order valence-corrected chi connectivity index (χ3v) is 5.55. The number of hydrogen-bond acceptors (Lipinski definition) is 6. The van der Waals surface area contributed by atoms with Crippen LogP contribution in [0.25, 0.3) is 11.4 Å². The fraction of sp³-hybridized carbons (Fsp3) is 0.192. The second-order valence-electron chi connectivity index (χ2n) is 7.74. The SMILES string of the molecule is COC(=O)C1=C(C)NC(C)=C(C(=O)OCc2ccccc2)C1c1cnc(-c2ccccc2)[nH]1. The molecular weight excluding hydrogens is 418 g/mol. The first-order valence-corrected chi connectivity index (χ1v) is 10.6. The summed E-state index contributed by atoms with van der Waals surface area (Å²) in [7, 11) is 1.32. The van der Waals surface area contributed by atoms with Gasteiger partial charge in [-0.25, -0.2) is 14.6 Å². The Morgan fingerprint density at radius 3 is 2.15 bits per heavy atom. The number of rotatable bonds is 6. The van der Waals surface area contributed by atoms with Crippen LogP contribution in [0, 0.1) is 0 Å². The molecule has 168 valence electrons. The number of hydrogen-bond donors (Lipinski definition) is 2. The molecule has 33 heavy (non-hydrogen) atoms. The second kappa shape index (κ2) is 9.56. The molecule has 1 unspecified atom stereocenters. The van der Waals surface area contributed by atoms with E-state index in [1.165, 1.54) is 7.11 Å². The van der Waals surface area contributed by atoms with E-state index in [-0.39, 0.29) is 6.61 Å². The predicted octanol–water partition coefficient (Wildman–Crippen LogP) is 4.23. The van der Waals surface area contributed by atoms with E-state index >= 15 is 0 Å². The van der Waals surface area contributed by atoms with Crippen molar-refractivity contribution in [2.24, 2.45) is 0 Å². The van der Waals surface area contributed by atoms with Crippen molar-refractivity contribution in [3.8, 4) is 11.4 Å². The smallest absolute Gasteiger partial charge is 0.337 e. The third kappa shape index (κ3) is 4.57. The van der Waals surface area contributed by atoms with Crippen LogP contribution in [0.1, 0.15) is 31.0 Å². The second-order valence-corrected chi connectivity index (χ2v) is 7.74. The van der Waals surface area contributed by atoms with Crippen LogP contribution in [0.4, 0.5) is 0 Å². The van der Waals surface area contributed by atoms with E-state index in [4.69, 9.17) is 9.47 Å². The van der Waals surface area contributed by atoms with E-state index in [1.54, 1.807) is 20.0 Å². The van der Waals surface area contributed by atoms with Crippen molar-refractivity contribution in [1.29, 1.82) is 0 Å². The molecule has 2 N–H and O–H groups in total. The summed E-state index contributed by atoms with van der Waals surface area (Å²) in [6, 6.07) is 19.1. The number of methoxy groups -OCH3 is 1. The highest BCUT2D eigenvalue weighted by Gasteiger charge is 2.39. The van der Waals surface area contributed by atoms with E-state index in [9.17, 15) is 9.59 Å². The molecule has 2 aromatic carbocycles. The maximum atomic E-state index is 13.3. The van der Waals surface area contributed by atoms with Gasteiger partial charge in [0.25, 0.3) is 0 Å². The van der Waals surface area contributed by atoms with Crippen molar-refractivity contribution in [3.63, 3.8) is 0 Å². The lowest BCUT2D eigenvalue weighted by atomic mass is 9.83. The summed E-state index contributed by atoms with van der Waals surface area (Å²) in [5.41, 5.74) is 4.25. The maximum absolute atomic E-state index is 13.3. The van der Waals surface area contributed by atoms with Crippen LogP contribution in [-0.2, 0) is 25.7 Å². The molecule has 0 spiro atoms. The summed E-state index contributed by atoms with van der Waals surface area (Å²) in [6.45, 7) is 3.69. The summed E-state index contributed by atoms with van der Waals surface area (Å²) in [6.07, 6.45) is 1.65. The zero-order chi connectivity index (χ0) is 23.4. The van der Waals surface area contributed by atoms with E-state index < -0.39 is 17.9 Å². The minimum Gasteiger partial charge on any atom is -0.466 e. The van der Waals surface area contributed by atoms with Gasteiger partial charge in [-0.05, 0) is 19.4 Å². The van der Waals surface area contributed by atoms with Gasteiger partial charge in [0.05, 0.1) is 24.2 Å². The number of imidazole rings is 1. The van der Waals surface area contributed by atoms with Gasteiger partial charge in [-0.15, -0.1) is 0 Å². The molecule has 0 bridgehead atoms. The van der Waals surface area contributed by atoms with Crippen LogP contribution in [0.5, 0.6) is 0 Å². The number of carbonyl (C=O) groups is 2. The van der Waals surface area contributed by atoms with Gasteiger partial charge >= 0.3 is 11.9 Å². The summed E-state index contributed by atoms with van der Waals surface area (Å²) in [5.74, 6) is -1.12. The number of aromatic amines is 1. The standard InChI is InChI=1S/C26H25N3O4/c1-16-21(25(30)32-3)23(20-14-27-24(29-20)19-12-8-5-9-13-19)22(17(2)28-16)26(31)33-15-18-10-6-4-7-11-18/h4-14,23,28H,15H2,1-3H3,(H,27,29). The minimum absolute atomic E-state index is 0.123. The zero-order valence-corrected chi connectivity index (χ0v) is 18.7. The highest BCUT2D eigenvalue weighted by Crippen LogP contribution is 2.39. The maximum Gasteiger partial charge on any atom is 0.337 e. The first-order valence-electron chi connectivity index (χ1n) is 10.6. The molecule has 1 atom stereocenters. The lowest BCUT2D eigenvalue weighted by molar-refractivity contribution is -0.140. The van der Waals surface area contributed by atoms with Gasteiger partial charge in [0, 0.05) is 28.8 Å². The van der Waals surface area contributed by atoms with Crippen molar-refractivity contribution in [2.75, 3.05) is 7.11 Å². The van der Waals surface area contributed by atoms with Crippen molar-refractivity contribution >= 4 is 11.9 Å². The molecule has 1 aliphatic heterocycles. The lowest BCUT2D eigenvalue weighted by Crippen LogP contribution is -2.32. The summed E-state index contributed by atoms with van der Waals surface area (Å²) < 4.78 is 10.7. The van der Waals surface area contributed by atoms with E-state index in [2.05, 4.69) is 15.3 Å². The molecule has 4 rings (SSSR count). The molecule has 7 nitrogen and oxygen atoms in total. The van der Waals surface area contributed by atoms with Gasteiger partial charge in [-0.1, -0.05) is 60.7 Å². The number of carbonyl (C=O) groups excluding carboxylic acids is 2. The first kappa shape index (κ1) is 22.1. The van der Waals surface area contributed by atoms with E-state index in [0.717, 1.165) is 11.1 Å². The number of allylic oxidation sites excluding steroid dienone is 2. The fourth-order valence-electron chi connectivity index (χ4n) is 3.98. The molecule has 3 aromatic rings. The van der Waals surface area contributed by atoms with Crippen molar-refractivity contribution in [2.45, 2.75) is 26.4 Å². The van der Waals surface area contributed by atoms with Gasteiger partial charge in [-0.3, -0.25) is 0 Å². The van der Waals surface area contributed by atoms with Gasteiger partial charge in [0.15, 0.2) is 0 Å². The quantitative estimate of drug-likeness (QED) is 0.554. The molecule has 0 aliphatic carbocycles. The van der Waals surface area contributed by atoms with Gasteiger partial charge < -0.3 is 19.8 Å². The minimum atomic E-state index is -0.716. The molecule has 0 fully saturated rings. The largest absolute Gasteiger partial charge is 0.466 e. The first-order chi connectivity index (χ1) is 16.0. The Balaban J connectivity index is 1.72. The normalized spacial score (nSPS) is 15.8. The van der Waals surface area contributed by atoms with E-state index in [0.29, 0.717) is 34.1 Å². The highest BCUT2D eigenvalue weighted by atomic mass is 16.5. The van der Waals surface area contributed by atoms with Crippen LogP contribution >= 0.6 is 0 Å². The molecule has 7 heteroatoms. The topological polar surface area (TPSA) is 93.3 Å². The summed E-state index contributed by atoms with van der Waals surface area (Å²) in [5, 5.41) is 3.14. The number of nitrogens with zero attached hydrogens (tertiary/aromatic N) is 1. The lowest BCUT2D eigenvalue weighted by Gasteiger charge is -2.29. The van der Waals surface area contributed by atoms with Crippen molar-refractivity contribution in [1.82, 2.24) is 15.3 Å². The molecule has 2 heterocycles. The molecule has 0 saturated carbocycles. The van der Waals surface area contributed by atoms with Crippen LogP contribution in [0.15, 0.2) is 89.4 Å². The Kier molecular flexibility index (Phi) is 6.40. The van der Waals surface area contributed by atoms with E-state index in [1.807, 2.05) is 60.7 Å². The Labute approximate surface area is 192 Å². The zero-order valence-electron chi connectivity index (χ0n) is 18.7.